The van der Waals surface area contributed by atoms with E-state index in [-0.39, 0.29) is 0 Å². The first-order valence-corrected chi connectivity index (χ1v) is 7.15. The largest absolute Gasteiger partial charge is 0.312 e. The van der Waals surface area contributed by atoms with Crippen LogP contribution in [0.2, 0.25) is 0 Å². The molecule has 0 bridgehead atoms. The van der Waals surface area contributed by atoms with Gasteiger partial charge in [0.15, 0.2) is 0 Å². The minimum atomic E-state index is 0.515. The molecule has 1 aromatic carbocycles. The van der Waals surface area contributed by atoms with E-state index in [1.54, 1.807) is 5.56 Å². The lowest BCUT2D eigenvalue weighted by molar-refractivity contribution is 0.268. The Labute approximate surface area is 110 Å². The van der Waals surface area contributed by atoms with E-state index < -0.39 is 0 Å². The number of nitrogens with one attached hydrogen (secondary N) is 1. The van der Waals surface area contributed by atoms with Gasteiger partial charge in [-0.2, -0.15) is 0 Å². The summed E-state index contributed by atoms with van der Waals surface area (Å²) in [5.74, 6) is 0.670. The van der Waals surface area contributed by atoms with Crippen molar-refractivity contribution in [1.82, 2.24) is 10.2 Å². The Balaban J connectivity index is 1.71. The van der Waals surface area contributed by atoms with Gasteiger partial charge in [0, 0.05) is 32.1 Å². The third-order valence-electron chi connectivity index (χ3n) is 4.44. The van der Waals surface area contributed by atoms with Gasteiger partial charge in [-0.25, -0.2) is 0 Å². The molecule has 0 amide bonds. The van der Waals surface area contributed by atoms with Crippen LogP contribution >= 0.6 is 0 Å². The van der Waals surface area contributed by atoms with Gasteiger partial charge in [0.2, 0.25) is 0 Å². The minimum absolute atomic E-state index is 0.515. The molecule has 2 heterocycles. The third kappa shape index (κ3) is 2.45. The molecule has 2 heteroatoms. The molecule has 1 aromatic rings. The van der Waals surface area contributed by atoms with Crippen molar-refractivity contribution in [1.29, 1.82) is 0 Å². The molecule has 1 atom stereocenters. The molecule has 0 aromatic heterocycles. The first kappa shape index (κ1) is 12.2. The molecule has 1 fully saturated rings. The zero-order chi connectivity index (χ0) is 12.6. The lowest BCUT2D eigenvalue weighted by Crippen LogP contribution is -2.36. The maximum absolute atomic E-state index is 3.56. The summed E-state index contributed by atoms with van der Waals surface area (Å²) in [6, 6.07) is 8.93. The van der Waals surface area contributed by atoms with Crippen LogP contribution in [0.15, 0.2) is 24.3 Å². The number of hydrogen-bond donors (Lipinski definition) is 1. The maximum atomic E-state index is 3.56. The lowest BCUT2D eigenvalue weighted by atomic mass is 9.90. The zero-order valence-corrected chi connectivity index (χ0v) is 11.6. The second-order valence-corrected chi connectivity index (χ2v) is 6.68. The number of fused-ring (bicyclic) bond motifs is 1. The monoisotopic (exact) mass is 244 g/mol. The second-order valence-electron chi connectivity index (χ2n) is 6.68. The smallest absolute Gasteiger partial charge is 0.0208 e. The summed E-state index contributed by atoms with van der Waals surface area (Å²) in [5, 5.41) is 3.56. The average Bonchev–Trinajstić information content (AvgIpc) is 2.69. The van der Waals surface area contributed by atoms with Crippen molar-refractivity contribution < 1.29 is 0 Å². The van der Waals surface area contributed by atoms with Gasteiger partial charge in [0.05, 0.1) is 0 Å². The van der Waals surface area contributed by atoms with Crippen LogP contribution in [-0.4, -0.2) is 31.1 Å². The quantitative estimate of drug-likeness (QED) is 0.860. The van der Waals surface area contributed by atoms with E-state index >= 15 is 0 Å². The summed E-state index contributed by atoms with van der Waals surface area (Å²) >= 11 is 0. The Morgan fingerprint density at radius 2 is 2.17 bits per heavy atom. The van der Waals surface area contributed by atoms with Crippen molar-refractivity contribution in [3.05, 3.63) is 35.4 Å². The Hall–Kier alpha value is -0.860. The summed E-state index contributed by atoms with van der Waals surface area (Å²) in [6.07, 6.45) is 1.34. The molecule has 1 N–H and O–H groups in total. The molecule has 1 unspecified atom stereocenters. The summed E-state index contributed by atoms with van der Waals surface area (Å²) in [5.41, 5.74) is 3.58. The normalized spacial score (nSPS) is 27.1. The van der Waals surface area contributed by atoms with E-state index in [0.717, 1.165) is 13.1 Å². The summed E-state index contributed by atoms with van der Waals surface area (Å²) in [7, 11) is 0. The van der Waals surface area contributed by atoms with Gasteiger partial charge in [-0.05, 0) is 29.5 Å². The third-order valence-corrected chi connectivity index (χ3v) is 4.44. The highest BCUT2D eigenvalue weighted by molar-refractivity contribution is 5.33. The molecule has 2 aliphatic rings. The van der Waals surface area contributed by atoms with Crippen molar-refractivity contribution in [3.8, 4) is 0 Å². The molecule has 2 aliphatic heterocycles. The van der Waals surface area contributed by atoms with E-state index in [1.807, 2.05) is 0 Å². The molecule has 0 saturated carbocycles. The lowest BCUT2D eigenvalue weighted by Gasteiger charge is -2.30. The van der Waals surface area contributed by atoms with Crippen molar-refractivity contribution >= 4 is 0 Å². The molecular formula is C16H24N2. The predicted octanol–water partition coefficient (Wildman–Crippen LogP) is 2.61. The predicted molar refractivity (Wildman–Crippen MR) is 75.7 cm³/mol. The Bertz CT molecular complexity index is 425. The van der Waals surface area contributed by atoms with Crippen molar-refractivity contribution in [2.45, 2.75) is 32.7 Å². The highest BCUT2D eigenvalue weighted by Crippen LogP contribution is 2.31. The Morgan fingerprint density at radius 3 is 2.94 bits per heavy atom. The van der Waals surface area contributed by atoms with Crippen LogP contribution in [0.5, 0.6) is 0 Å². The molecule has 0 spiro atoms. The van der Waals surface area contributed by atoms with Gasteiger partial charge < -0.3 is 10.2 Å². The van der Waals surface area contributed by atoms with Crippen LogP contribution < -0.4 is 5.32 Å². The topological polar surface area (TPSA) is 15.3 Å². The average molecular weight is 244 g/mol. The van der Waals surface area contributed by atoms with E-state index in [1.165, 1.54) is 31.6 Å². The van der Waals surface area contributed by atoms with Crippen LogP contribution in [0.25, 0.3) is 0 Å². The highest BCUT2D eigenvalue weighted by atomic mass is 15.2. The summed E-state index contributed by atoms with van der Waals surface area (Å²) < 4.78 is 0. The number of benzene rings is 1. The molecule has 2 nitrogen and oxygen atoms in total. The van der Waals surface area contributed by atoms with Crippen LogP contribution in [0, 0.1) is 5.41 Å². The number of rotatable bonds is 2. The molecule has 0 radical (unpaired) electrons. The summed E-state index contributed by atoms with van der Waals surface area (Å²) in [6.45, 7) is 10.7. The first-order chi connectivity index (χ1) is 8.64. The first-order valence-electron chi connectivity index (χ1n) is 7.15. The molecular weight excluding hydrogens is 220 g/mol. The van der Waals surface area contributed by atoms with E-state index in [0.29, 0.717) is 11.3 Å². The van der Waals surface area contributed by atoms with Gasteiger partial charge in [0.1, 0.15) is 0 Å². The molecule has 18 heavy (non-hydrogen) atoms. The second kappa shape index (κ2) is 4.67. The summed E-state index contributed by atoms with van der Waals surface area (Å²) in [4.78, 5) is 2.65. The Morgan fingerprint density at radius 1 is 1.33 bits per heavy atom. The van der Waals surface area contributed by atoms with E-state index in [2.05, 4.69) is 48.3 Å². The minimum Gasteiger partial charge on any atom is -0.312 e. The number of likely N-dealkylation sites (tertiary alicyclic amines) is 1. The van der Waals surface area contributed by atoms with Crippen LogP contribution in [0.3, 0.4) is 0 Å². The SMILES string of the molecule is CC1(C)CCN(CC2CNCc3ccccc32)C1. The molecule has 3 rings (SSSR count). The Kier molecular flexibility index (Phi) is 3.16. The molecule has 0 aliphatic carbocycles. The highest BCUT2D eigenvalue weighted by Gasteiger charge is 2.31. The number of nitrogens with zero attached hydrogens (tertiary/aromatic N) is 1. The van der Waals surface area contributed by atoms with Crippen LogP contribution in [0.4, 0.5) is 0 Å². The fraction of sp³-hybridized carbons (Fsp3) is 0.625. The van der Waals surface area contributed by atoms with Gasteiger partial charge in [0.25, 0.3) is 0 Å². The number of hydrogen-bond acceptors (Lipinski definition) is 2. The standard InChI is InChI=1S/C16H24N2/c1-16(2)7-8-18(12-16)11-14-10-17-9-13-5-3-4-6-15(13)14/h3-6,14,17H,7-12H2,1-2H3. The van der Waals surface area contributed by atoms with Gasteiger partial charge in [-0.1, -0.05) is 38.1 Å². The fourth-order valence-corrected chi connectivity index (χ4v) is 3.44. The van der Waals surface area contributed by atoms with Crippen molar-refractivity contribution in [2.75, 3.05) is 26.2 Å². The maximum Gasteiger partial charge on any atom is 0.0208 e. The van der Waals surface area contributed by atoms with Crippen LogP contribution in [-0.2, 0) is 6.54 Å². The van der Waals surface area contributed by atoms with E-state index in [4.69, 9.17) is 0 Å². The van der Waals surface area contributed by atoms with Gasteiger partial charge >= 0.3 is 0 Å². The fourth-order valence-electron chi connectivity index (χ4n) is 3.44. The van der Waals surface area contributed by atoms with Crippen molar-refractivity contribution in [2.24, 2.45) is 5.41 Å². The zero-order valence-electron chi connectivity index (χ0n) is 11.6. The van der Waals surface area contributed by atoms with Crippen molar-refractivity contribution in [3.63, 3.8) is 0 Å². The van der Waals surface area contributed by atoms with E-state index in [9.17, 15) is 0 Å². The molecule has 1 saturated heterocycles. The van der Waals surface area contributed by atoms with Gasteiger partial charge in [-0.3, -0.25) is 0 Å². The van der Waals surface area contributed by atoms with Gasteiger partial charge in [-0.15, -0.1) is 0 Å². The van der Waals surface area contributed by atoms with Crippen LogP contribution in [0.1, 0.15) is 37.3 Å². The molecule has 98 valence electrons.